The summed E-state index contributed by atoms with van der Waals surface area (Å²) in [4.78, 5) is 38.1. The summed E-state index contributed by atoms with van der Waals surface area (Å²) < 4.78 is 66.1. The SMILES string of the molecule is CCC(Sc1cc(-n2c(=O)c(C)c(C(F)(F)F)n(C)c2=O)c(F)cc1Cl)C(=O)OCC1CCOC1. The summed E-state index contributed by atoms with van der Waals surface area (Å²) in [7, 11) is 0.843. The topological polar surface area (TPSA) is 79.5 Å². The van der Waals surface area contributed by atoms with Crippen LogP contribution in [0, 0.1) is 18.7 Å². The van der Waals surface area contributed by atoms with Gasteiger partial charge in [-0.25, -0.2) is 13.8 Å². The number of rotatable bonds is 7. The van der Waals surface area contributed by atoms with Crippen LogP contribution < -0.4 is 11.2 Å². The van der Waals surface area contributed by atoms with E-state index in [9.17, 15) is 31.9 Å². The number of thioether (sulfide) groups is 1. The second-order valence-corrected chi connectivity index (χ2v) is 9.71. The molecule has 0 N–H and O–H groups in total. The van der Waals surface area contributed by atoms with Crippen LogP contribution in [0.2, 0.25) is 5.02 Å². The van der Waals surface area contributed by atoms with Crippen LogP contribution in [0.15, 0.2) is 26.6 Å². The minimum atomic E-state index is -4.96. The number of ether oxygens (including phenoxy) is 2. The van der Waals surface area contributed by atoms with Crippen LogP contribution in [-0.2, 0) is 27.5 Å². The first kappa shape index (κ1) is 27.3. The van der Waals surface area contributed by atoms with Crippen LogP contribution in [0.4, 0.5) is 17.6 Å². The van der Waals surface area contributed by atoms with Crippen molar-refractivity contribution in [3.05, 3.63) is 55.1 Å². The Morgan fingerprint density at radius 1 is 1.34 bits per heavy atom. The Balaban J connectivity index is 1.98. The van der Waals surface area contributed by atoms with Crippen molar-refractivity contribution in [1.82, 2.24) is 9.13 Å². The lowest BCUT2D eigenvalue weighted by Gasteiger charge is -2.19. The highest BCUT2D eigenvalue weighted by molar-refractivity contribution is 8.00. The van der Waals surface area contributed by atoms with Crippen molar-refractivity contribution in [1.29, 1.82) is 0 Å². The number of carbonyl (C=O) groups excluding carboxylic acids is 1. The van der Waals surface area contributed by atoms with Gasteiger partial charge < -0.3 is 9.47 Å². The summed E-state index contributed by atoms with van der Waals surface area (Å²) in [5.41, 5.74) is -5.47. The summed E-state index contributed by atoms with van der Waals surface area (Å²) >= 11 is 7.10. The van der Waals surface area contributed by atoms with E-state index in [1.54, 1.807) is 6.92 Å². The molecule has 1 aromatic heterocycles. The Kier molecular flexibility index (Phi) is 8.38. The molecule has 0 bridgehead atoms. The Labute approximate surface area is 207 Å². The van der Waals surface area contributed by atoms with Crippen molar-refractivity contribution in [2.24, 2.45) is 13.0 Å². The Morgan fingerprint density at radius 2 is 2.03 bits per heavy atom. The smallest absolute Gasteiger partial charge is 0.432 e. The van der Waals surface area contributed by atoms with Gasteiger partial charge in [0, 0.05) is 30.0 Å². The maximum absolute atomic E-state index is 14.8. The number of esters is 1. The lowest BCUT2D eigenvalue weighted by molar-refractivity contribution is -0.145. The number of hydrogen-bond donors (Lipinski definition) is 0. The van der Waals surface area contributed by atoms with Crippen LogP contribution in [-0.4, -0.2) is 40.2 Å². The number of alkyl halides is 3. The van der Waals surface area contributed by atoms with E-state index in [0.717, 1.165) is 44.3 Å². The lowest BCUT2D eigenvalue weighted by atomic mass is 10.1. The van der Waals surface area contributed by atoms with Gasteiger partial charge in [-0.05, 0) is 31.9 Å². The molecule has 0 spiro atoms. The summed E-state index contributed by atoms with van der Waals surface area (Å²) in [6.45, 7) is 3.93. The molecule has 1 aliphatic heterocycles. The molecule has 13 heteroatoms. The molecule has 192 valence electrons. The molecular weight excluding hydrogens is 516 g/mol. The van der Waals surface area contributed by atoms with Gasteiger partial charge in [0.2, 0.25) is 0 Å². The molecule has 0 radical (unpaired) electrons. The van der Waals surface area contributed by atoms with Crippen LogP contribution in [0.1, 0.15) is 31.0 Å². The van der Waals surface area contributed by atoms with Gasteiger partial charge in [-0.2, -0.15) is 13.2 Å². The molecule has 0 amide bonds. The normalized spacial score (nSPS) is 17.0. The molecule has 2 heterocycles. The van der Waals surface area contributed by atoms with Crippen molar-refractivity contribution in [3.8, 4) is 5.69 Å². The maximum Gasteiger partial charge on any atom is 0.432 e. The first-order chi connectivity index (χ1) is 16.4. The molecule has 7 nitrogen and oxygen atoms in total. The Morgan fingerprint density at radius 3 is 2.60 bits per heavy atom. The van der Waals surface area contributed by atoms with Gasteiger partial charge in [-0.15, -0.1) is 11.8 Å². The third kappa shape index (κ3) is 5.75. The molecule has 2 aromatic rings. The molecular formula is C22H23ClF4N2O5S. The number of carbonyl (C=O) groups is 1. The predicted molar refractivity (Wildman–Crippen MR) is 122 cm³/mol. The van der Waals surface area contributed by atoms with Crippen molar-refractivity contribution in [2.75, 3.05) is 19.8 Å². The van der Waals surface area contributed by atoms with E-state index in [2.05, 4.69) is 0 Å². The zero-order chi connectivity index (χ0) is 26.1. The average Bonchev–Trinajstić information content (AvgIpc) is 3.30. The Hall–Kier alpha value is -2.31. The molecule has 2 atom stereocenters. The summed E-state index contributed by atoms with van der Waals surface area (Å²) in [5.74, 6) is -1.51. The Bertz CT molecular complexity index is 1200. The van der Waals surface area contributed by atoms with E-state index < -0.39 is 51.4 Å². The molecule has 1 saturated heterocycles. The van der Waals surface area contributed by atoms with Gasteiger partial charge in [0.1, 0.15) is 16.8 Å². The van der Waals surface area contributed by atoms with Crippen molar-refractivity contribution >= 4 is 29.3 Å². The fourth-order valence-electron chi connectivity index (χ4n) is 3.71. The molecule has 0 saturated carbocycles. The van der Waals surface area contributed by atoms with Crippen LogP contribution in [0.25, 0.3) is 5.69 Å². The molecule has 1 aliphatic rings. The van der Waals surface area contributed by atoms with E-state index in [1.165, 1.54) is 0 Å². The van der Waals surface area contributed by atoms with E-state index >= 15 is 0 Å². The molecule has 3 rings (SSSR count). The number of nitrogens with zero attached hydrogens (tertiary/aromatic N) is 2. The lowest BCUT2D eigenvalue weighted by Crippen LogP contribution is -2.43. The molecule has 0 aliphatic carbocycles. The molecule has 35 heavy (non-hydrogen) atoms. The molecule has 2 unspecified atom stereocenters. The minimum Gasteiger partial charge on any atom is -0.464 e. The highest BCUT2D eigenvalue weighted by atomic mass is 35.5. The monoisotopic (exact) mass is 538 g/mol. The standard InChI is InChI=1S/C22H23ClF4N2O5S/c1-4-16(20(31)34-10-12-5-6-33-9-12)35-17-8-15(14(24)7-13(17)23)29-19(30)11(2)18(22(25,26)27)28(3)21(29)32/h7-8,12,16H,4-6,9-10H2,1-3H3. The zero-order valence-electron chi connectivity index (χ0n) is 19.1. The summed E-state index contributed by atoms with van der Waals surface area (Å²) in [5, 5.41) is -0.831. The fourth-order valence-corrected chi connectivity index (χ4v) is 4.98. The van der Waals surface area contributed by atoms with E-state index in [1.807, 2.05) is 0 Å². The van der Waals surface area contributed by atoms with Gasteiger partial charge in [0.05, 0.1) is 23.9 Å². The van der Waals surface area contributed by atoms with Gasteiger partial charge >= 0.3 is 17.8 Å². The number of aromatic nitrogens is 2. The van der Waals surface area contributed by atoms with E-state index in [-0.39, 0.29) is 27.0 Å². The largest absolute Gasteiger partial charge is 0.464 e. The second-order valence-electron chi connectivity index (χ2n) is 8.06. The fraction of sp³-hybridized carbons (Fsp3) is 0.500. The van der Waals surface area contributed by atoms with Crippen LogP contribution in [0.5, 0.6) is 0 Å². The highest BCUT2D eigenvalue weighted by Gasteiger charge is 2.38. The summed E-state index contributed by atoms with van der Waals surface area (Å²) in [6, 6.07) is 1.91. The number of benzene rings is 1. The van der Waals surface area contributed by atoms with Gasteiger partial charge in [0.15, 0.2) is 0 Å². The number of halogens is 5. The number of hydrogen-bond acceptors (Lipinski definition) is 6. The first-order valence-electron chi connectivity index (χ1n) is 10.7. The first-order valence-corrected chi connectivity index (χ1v) is 11.9. The quantitative estimate of drug-likeness (QED) is 0.300. The summed E-state index contributed by atoms with van der Waals surface area (Å²) in [6.07, 6.45) is -3.86. The third-order valence-corrected chi connectivity index (χ3v) is 7.42. The van der Waals surface area contributed by atoms with Crippen molar-refractivity contribution in [2.45, 2.75) is 43.0 Å². The van der Waals surface area contributed by atoms with Crippen molar-refractivity contribution in [3.63, 3.8) is 0 Å². The molecule has 1 aromatic carbocycles. The highest BCUT2D eigenvalue weighted by Crippen LogP contribution is 2.35. The zero-order valence-corrected chi connectivity index (χ0v) is 20.7. The third-order valence-electron chi connectivity index (χ3n) is 5.59. The van der Waals surface area contributed by atoms with Crippen LogP contribution in [0.3, 0.4) is 0 Å². The maximum atomic E-state index is 14.8. The second kappa shape index (κ2) is 10.8. The van der Waals surface area contributed by atoms with Gasteiger partial charge in [-0.1, -0.05) is 18.5 Å². The molecule has 1 fully saturated rings. The predicted octanol–water partition coefficient (Wildman–Crippen LogP) is 4.11. The van der Waals surface area contributed by atoms with Gasteiger partial charge in [-0.3, -0.25) is 14.2 Å². The van der Waals surface area contributed by atoms with Crippen LogP contribution >= 0.6 is 23.4 Å². The minimum absolute atomic E-state index is 0.0970. The van der Waals surface area contributed by atoms with Crippen molar-refractivity contribution < 1.29 is 31.8 Å². The average molecular weight is 539 g/mol. The van der Waals surface area contributed by atoms with E-state index in [4.69, 9.17) is 21.1 Å². The van der Waals surface area contributed by atoms with Gasteiger partial charge in [0.25, 0.3) is 5.56 Å². The van der Waals surface area contributed by atoms with E-state index in [0.29, 0.717) is 24.2 Å².